The van der Waals surface area contributed by atoms with Gasteiger partial charge in [0.15, 0.2) is 0 Å². The predicted molar refractivity (Wildman–Crippen MR) is 74.8 cm³/mol. The van der Waals surface area contributed by atoms with Crippen LogP contribution in [0, 0.1) is 0 Å². The van der Waals surface area contributed by atoms with Crippen molar-refractivity contribution in [1.29, 1.82) is 0 Å². The number of carbonyl (C=O) groups is 1. The number of ether oxygens (including phenoxy) is 3. The monoisotopic (exact) mass is 286 g/mol. The average molecular weight is 286 g/mol. The lowest BCUT2D eigenvalue weighted by molar-refractivity contribution is -0.00310. The Bertz CT molecular complexity index is 335. The van der Waals surface area contributed by atoms with Crippen LogP contribution in [0.25, 0.3) is 0 Å². The van der Waals surface area contributed by atoms with Gasteiger partial charge >= 0.3 is 6.09 Å². The second kappa shape index (κ2) is 6.28. The molecule has 2 heterocycles. The molecule has 1 amide bonds. The number of hydrogen-bond donors (Lipinski definition) is 0. The summed E-state index contributed by atoms with van der Waals surface area (Å²) in [6, 6.07) is 0.306. The maximum Gasteiger partial charge on any atom is 0.410 e. The van der Waals surface area contributed by atoms with Gasteiger partial charge in [0.1, 0.15) is 5.60 Å². The summed E-state index contributed by atoms with van der Waals surface area (Å²) >= 11 is 0. The fourth-order valence-corrected chi connectivity index (χ4v) is 2.65. The van der Waals surface area contributed by atoms with Crippen molar-refractivity contribution in [3.05, 3.63) is 0 Å². The third-order valence-electron chi connectivity index (χ3n) is 3.74. The van der Waals surface area contributed by atoms with E-state index in [-0.39, 0.29) is 12.2 Å². The Morgan fingerprint density at radius 2 is 1.80 bits per heavy atom. The summed E-state index contributed by atoms with van der Waals surface area (Å²) in [6.07, 6.45) is -0.0776. The molecule has 2 saturated heterocycles. The van der Waals surface area contributed by atoms with Crippen molar-refractivity contribution >= 4 is 6.09 Å². The van der Waals surface area contributed by atoms with Crippen LogP contribution in [-0.2, 0) is 14.2 Å². The summed E-state index contributed by atoms with van der Waals surface area (Å²) < 4.78 is 16.3. The van der Waals surface area contributed by atoms with Crippen LogP contribution in [0.4, 0.5) is 4.79 Å². The molecule has 0 aromatic rings. The van der Waals surface area contributed by atoms with Crippen LogP contribution in [0.15, 0.2) is 0 Å². The molecule has 6 nitrogen and oxygen atoms in total. The molecular weight excluding hydrogens is 260 g/mol. The fraction of sp³-hybridized carbons (Fsp3) is 0.929. The molecule has 0 aromatic heterocycles. The van der Waals surface area contributed by atoms with Crippen LogP contribution < -0.4 is 0 Å². The van der Waals surface area contributed by atoms with Gasteiger partial charge < -0.3 is 19.1 Å². The Hall–Kier alpha value is -0.850. The zero-order chi connectivity index (χ0) is 14.8. The molecule has 0 aromatic carbocycles. The van der Waals surface area contributed by atoms with E-state index in [0.717, 1.165) is 13.1 Å². The lowest BCUT2D eigenvalue weighted by Gasteiger charge is -2.39. The van der Waals surface area contributed by atoms with E-state index < -0.39 is 5.60 Å². The first-order valence-corrected chi connectivity index (χ1v) is 7.23. The third-order valence-corrected chi connectivity index (χ3v) is 3.74. The van der Waals surface area contributed by atoms with Gasteiger partial charge in [-0.25, -0.2) is 4.79 Å². The topological polar surface area (TPSA) is 51.2 Å². The molecule has 0 radical (unpaired) electrons. The third kappa shape index (κ3) is 3.84. The highest BCUT2D eigenvalue weighted by atomic mass is 16.6. The van der Waals surface area contributed by atoms with E-state index in [9.17, 15) is 4.79 Å². The summed E-state index contributed by atoms with van der Waals surface area (Å²) in [7, 11) is 1.73. The van der Waals surface area contributed by atoms with E-state index in [1.807, 2.05) is 20.8 Å². The number of carbonyl (C=O) groups excluding carboxylic acids is 1. The Kier molecular flexibility index (Phi) is 4.88. The average Bonchev–Trinajstić information content (AvgIpc) is 2.85. The van der Waals surface area contributed by atoms with Gasteiger partial charge in [-0.2, -0.15) is 0 Å². The first-order valence-electron chi connectivity index (χ1n) is 7.23. The van der Waals surface area contributed by atoms with Crippen molar-refractivity contribution in [2.24, 2.45) is 0 Å². The minimum absolute atomic E-state index is 0.142. The molecule has 2 aliphatic heterocycles. The van der Waals surface area contributed by atoms with Gasteiger partial charge in [0.05, 0.1) is 25.4 Å². The summed E-state index contributed by atoms with van der Waals surface area (Å²) in [5, 5.41) is 0. The normalized spacial score (nSPS) is 28.7. The van der Waals surface area contributed by atoms with Crippen molar-refractivity contribution in [3.8, 4) is 0 Å². The molecule has 2 rings (SSSR count). The zero-order valence-electron chi connectivity index (χ0n) is 12.9. The van der Waals surface area contributed by atoms with Gasteiger partial charge in [-0.3, -0.25) is 4.90 Å². The highest BCUT2D eigenvalue weighted by molar-refractivity contribution is 5.68. The second-order valence-electron chi connectivity index (χ2n) is 6.38. The van der Waals surface area contributed by atoms with E-state index in [4.69, 9.17) is 14.2 Å². The Labute approximate surface area is 120 Å². The number of nitrogens with zero attached hydrogens (tertiary/aromatic N) is 2. The van der Waals surface area contributed by atoms with Crippen LogP contribution >= 0.6 is 0 Å². The molecule has 2 aliphatic rings. The van der Waals surface area contributed by atoms with Gasteiger partial charge in [-0.05, 0) is 20.8 Å². The number of methoxy groups -OCH3 is 1. The first-order chi connectivity index (χ1) is 9.40. The van der Waals surface area contributed by atoms with E-state index >= 15 is 0 Å². The first kappa shape index (κ1) is 15.5. The van der Waals surface area contributed by atoms with Gasteiger partial charge in [-0.1, -0.05) is 0 Å². The van der Waals surface area contributed by atoms with Gasteiger partial charge in [0, 0.05) is 33.3 Å². The van der Waals surface area contributed by atoms with Crippen LogP contribution in [0.3, 0.4) is 0 Å². The molecule has 0 saturated carbocycles. The molecule has 0 spiro atoms. The van der Waals surface area contributed by atoms with Gasteiger partial charge in [0.25, 0.3) is 0 Å². The summed E-state index contributed by atoms with van der Waals surface area (Å²) in [5.41, 5.74) is -0.436. The van der Waals surface area contributed by atoms with Gasteiger partial charge in [-0.15, -0.1) is 0 Å². The van der Waals surface area contributed by atoms with Crippen LogP contribution in [0.1, 0.15) is 20.8 Å². The minimum atomic E-state index is -0.436. The predicted octanol–water partition coefficient (Wildman–Crippen LogP) is 0.953. The van der Waals surface area contributed by atoms with Gasteiger partial charge in [0.2, 0.25) is 0 Å². The highest BCUT2D eigenvalue weighted by Crippen LogP contribution is 2.19. The van der Waals surface area contributed by atoms with Crippen molar-refractivity contribution in [2.75, 3.05) is 46.5 Å². The Balaban J connectivity index is 1.82. The van der Waals surface area contributed by atoms with Crippen molar-refractivity contribution in [1.82, 2.24) is 9.80 Å². The summed E-state index contributed by atoms with van der Waals surface area (Å²) in [5.74, 6) is 0. The molecule has 2 atom stereocenters. The molecule has 2 unspecified atom stereocenters. The summed E-state index contributed by atoms with van der Waals surface area (Å²) in [6.45, 7) is 10.1. The maximum absolute atomic E-state index is 12.0. The smallest absolute Gasteiger partial charge is 0.410 e. The Morgan fingerprint density at radius 3 is 2.35 bits per heavy atom. The molecular formula is C14H26N2O4. The van der Waals surface area contributed by atoms with E-state index in [1.54, 1.807) is 12.0 Å². The Morgan fingerprint density at radius 1 is 1.15 bits per heavy atom. The number of rotatable bonds is 2. The molecule has 0 aliphatic carbocycles. The number of piperazine rings is 1. The molecule has 20 heavy (non-hydrogen) atoms. The molecule has 0 bridgehead atoms. The lowest BCUT2D eigenvalue weighted by Crippen LogP contribution is -2.55. The molecule has 116 valence electrons. The maximum atomic E-state index is 12.0. The molecule has 0 N–H and O–H groups in total. The fourth-order valence-electron chi connectivity index (χ4n) is 2.65. The van der Waals surface area contributed by atoms with Crippen LogP contribution in [0.2, 0.25) is 0 Å². The van der Waals surface area contributed by atoms with E-state index in [1.165, 1.54) is 0 Å². The van der Waals surface area contributed by atoms with Crippen LogP contribution in [0.5, 0.6) is 0 Å². The van der Waals surface area contributed by atoms with E-state index in [2.05, 4.69) is 4.90 Å². The lowest BCUT2D eigenvalue weighted by atomic mass is 10.1. The summed E-state index contributed by atoms with van der Waals surface area (Å²) in [4.78, 5) is 16.1. The standard InChI is InChI=1S/C14H26N2O4/c1-14(2,3)20-13(17)16-7-5-15(6-8-16)11-9-19-10-12(11)18-4/h11-12H,5-10H2,1-4H3. The van der Waals surface area contributed by atoms with Crippen LogP contribution in [-0.4, -0.2) is 80.1 Å². The highest BCUT2D eigenvalue weighted by Gasteiger charge is 2.36. The van der Waals surface area contributed by atoms with Crippen molar-refractivity contribution < 1.29 is 19.0 Å². The quantitative estimate of drug-likeness (QED) is 0.756. The molecule has 2 fully saturated rings. The molecule has 6 heteroatoms. The zero-order valence-corrected chi connectivity index (χ0v) is 12.9. The number of amides is 1. The minimum Gasteiger partial charge on any atom is -0.444 e. The number of hydrogen-bond acceptors (Lipinski definition) is 5. The SMILES string of the molecule is COC1COCC1N1CCN(C(=O)OC(C)(C)C)CC1. The second-order valence-corrected chi connectivity index (χ2v) is 6.38. The largest absolute Gasteiger partial charge is 0.444 e. The van der Waals surface area contributed by atoms with Crippen molar-refractivity contribution in [3.63, 3.8) is 0 Å². The van der Waals surface area contributed by atoms with Crippen molar-refractivity contribution in [2.45, 2.75) is 38.5 Å². The van der Waals surface area contributed by atoms with E-state index in [0.29, 0.717) is 32.3 Å².